The quantitative estimate of drug-likeness (QED) is 0.879. The van der Waals surface area contributed by atoms with Crippen molar-refractivity contribution in [3.05, 3.63) is 58.4 Å². The lowest BCUT2D eigenvalue weighted by molar-refractivity contribution is -0.120. The normalized spacial score (nSPS) is 10.3. The number of carbonyl (C=O) groups excluding carboxylic acids is 1. The highest BCUT2D eigenvalue weighted by molar-refractivity contribution is 6.31. The van der Waals surface area contributed by atoms with Crippen LogP contribution < -0.4 is 14.8 Å². The highest BCUT2D eigenvalue weighted by atomic mass is 35.5. The molecule has 0 fully saturated rings. The van der Waals surface area contributed by atoms with Crippen molar-refractivity contribution in [2.75, 3.05) is 14.2 Å². The minimum atomic E-state index is -0.494. The largest absolute Gasteiger partial charge is 0.497 e. The zero-order valence-corrected chi connectivity index (χ0v) is 13.6. The Morgan fingerprint density at radius 1 is 1.22 bits per heavy atom. The van der Waals surface area contributed by atoms with Crippen molar-refractivity contribution in [2.24, 2.45) is 0 Å². The number of benzene rings is 2. The molecule has 0 aromatic heterocycles. The van der Waals surface area contributed by atoms with Gasteiger partial charge in [-0.15, -0.1) is 0 Å². The van der Waals surface area contributed by atoms with E-state index in [1.165, 1.54) is 12.1 Å². The fourth-order valence-corrected chi connectivity index (χ4v) is 2.37. The van der Waals surface area contributed by atoms with Gasteiger partial charge >= 0.3 is 0 Å². The monoisotopic (exact) mass is 337 g/mol. The van der Waals surface area contributed by atoms with E-state index in [1.54, 1.807) is 38.5 Å². The van der Waals surface area contributed by atoms with Gasteiger partial charge in [0.15, 0.2) is 0 Å². The second-order valence-electron chi connectivity index (χ2n) is 4.83. The maximum atomic E-state index is 13.7. The van der Waals surface area contributed by atoms with Gasteiger partial charge in [0.25, 0.3) is 0 Å². The molecule has 0 aliphatic heterocycles. The summed E-state index contributed by atoms with van der Waals surface area (Å²) in [5.74, 6) is 0.468. The predicted molar refractivity (Wildman–Crippen MR) is 86.5 cm³/mol. The summed E-state index contributed by atoms with van der Waals surface area (Å²) >= 11 is 5.92. The molecule has 0 radical (unpaired) electrons. The number of amides is 1. The molecule has 2 aromatic rings. The lowest BCUT2D eigenvalue weighted by atomic mass is 10.1. The Balaban J connectivity index is 2.05. The van der Waals surface area contributed by atoms with E-state index >= 15 is 0 Å². The molecule has 23 heavy (non-hydrogen) atoms. The SMILES string of the molecule is COc1ccc(OC)c(CNC(=O)Cc2c(F)cccc2Cl)c1. The first-order valence-electron chi connectivity index (χ1n) is 6.95. The highest BCUT2D eigenvalue weighted by Crippen LogP contribution is 2.24. The molecular formula is C17H17ClFNO3. The number of halogens is 2. The van der Waals surface area contributed by atoms with Gasteiger partial charge in [-0.05, 0) is 30.3 Å². The molecule has 2 rings (SSSR count). The third kappa shape index (κ3) is 4.36. The van der Waals surface area contributed by atoms with Gasteiger partial charge in [0.2, 0.25) is 5.91 Å². The molecule has 0 atom stereocenters. The number of ether oxygens (including phenoxy) is 2. The molecule has 0 unspecified atom stereocenters. The first-order valence-corrected chi connectivity index (χ1v) is 7.33. The van der Waals surface area contributed by atoms with Crippen molar-refractivity contribution in [3.63, 3.8) is 0 Å². The molecule has 0 bridgehead atoms. The van der Waals surface area contributed by atoms with Crippen LogP contribution in [0.25, 0.3) is 0 Å². The van der Waals surface area contributed by atoms with Crippen LogP contribution in [-0.4, -0.2) is 20.1 Å². The number of nitrogens with one attached hydrogen (secondary N) is 1. The molecule has 0 spiro atoms. The molecule has 4 nitrogen and oxygen atoms in total. The third-order valence-electron chi connectivity index (χ3n) is 3.36. The van der Waals surface area contributed by atoms with Crippen LogP contribution in [0.1, 0.15) is 11.1 Å². The van der Waals surface area contributed by atoms with Gasteiger partial charge in [-0.1, -0.05) is 17.7 Å². The van der Waals surface area contributed by atoms with Gasteiger partial charge in [-0.25, -0.2) is 4.39 Å². The summed E-state index contributed by atoms with van der Waals surface area (Å²) in [5.41, 5.74) is 0.948. The lowest BCUT2D eigenvalue weighted by Gasteiger charge is -2.12. The van der Waals surface area contributed by atoms with Crippen LogP contribution in [0.3, 0.4) is 0 Å². The van der Waals surface area contributed by atoms with Gasteiger partial charge < -0.3 is 14.8 Å². The van der Waals surface area contributed by atoms with Gasteiger partial charge in [0.05, 0.1) is 20.6 Å². The molecule has 0 saturated heterocycles. The minimum absolute atomic E-state index is 0.127. The summed E-state index contributed by atoms with van der Waals surface area (Å²) in [6.45, 7) is 0.241. The van der Waals surface area contributed by atoms with E-state index in [0.717, 1.165) is 5.56 Å². The van der Waals surface area contributed by atoms with Gasteiger partial charge in [-0.2, -0.15) is 0 Å². The Morgan fingerprint density at radius 3 is 2.65 bits per heavy atom. The van der Waals surface area contributed by atoms with Crippen LogP contribution in [0.15, 0.2) is 36.4 Å². The van der Waals surface area contributed by atoms with Crippen molar-refractivity contribution in [3.8, 4) is 11.5 Å². The predicted octanol–water partition coefficient (Wildman–Crippen LogP) is 3.36. The Morgan fingerprint density at radius 2 is 2.00 bits per heavy atom. The topological polar surface area (TPSA) is 47.6 Å². The van der Waals surface area contributed by atoms with E-state index in [-0.39, 0.29) is 29.5 Å². The van der Waals surface area contributed by atoms with E-state index in [0.29, 0.717) is 11.5 Å². The number of hydrogen-bond acceptors (Lipinski definition) is 3. The zero-order chi connectivity index (χ0) is 16.8. The first-order chi connectivity index (χ1) is 11.0. The van der Waals surface area contributed by atoms with Crippen LogP contribution in [-0.2, 0) is 17.8 Å². The van der Waals surface area contributed by atoms with Crippen molar-refractivity contribution in [1.82, 2.24) is 5.32 Å². The minimum Gasteiger partial charge on any atom is -0.497 e. The van der Waals surface area contributed by atoms with Crippen LogP contribution in [0.5, 0.6) is 11.5 Å². The molecule has 1 N–H and O–H groups in total. The van der Waals surface area contributed by atoms with Gasteiger partial charge in [0, 0.05) is 22.7 Å². The summed E-state index contributed by atoms with van der Waals surface area (Å²) in [4.78, 5) is 12.0. The summed E-state index contributed by atoms with van der Waals surface area (Å²) in [6.07, 6.45) is -0.127. The molecule has 0 saturated carbocycles. The van der Waals surface area contributed by atoms with Crippen molar-refractivity contribution in [2.45, 2.75) is 13.0 Å². The number of hydrogen-bond donors (Lipinski definition) is 1. The van der Waals surface area contributed by atoms with E-state index < -0.39 is 5.82 Å². The Hall–Kier alpha value is -2.27. The number of rotatable bonds is 6. The van der Waals surface area contributed by atoms with Crippen LogP contribution >= 0.6 is 11.6 Å². The van der Waals surface area contributed by atoms with Crippen molar-refractivity contribution in [1.29, 1.82) is 0 Å². The molecular weight excluding hydrogens is 321 g/mol. The average molecular weight is 338 g/mol. The molecule has 0 aliphatic rings. The maximum absolute atomic E-state index is 13.7. The standard InChI is InChI=1S/C17H17ClFNO3/c1-22-12-6-7-16(23-2)11(8-12)10-20-17(21)9-13-14(18)4-3-5-15(13)19/h3-8H,9-10H2,1-2H3,(H,20,21). The molecule has 6 heteroatoms. The molecule has 1 amide bonds. The fraction of sp³-hybridized carbons (Fsp3) is 0.235. The Labute approximate surface area is 139 Å². The highest BCUT2D eigenvalue weighted by Gasteiger charge is 2.13. The average Bonchev–Trinajstić information content (AvgIpc) is 2.56. The second-order valence-corrected chi connectivity index (χ2v) is 5.24. The summed E-state index contributed by atoms with van der Waals surface area (Å²) < 4.78 is 24.1. The van der Waals surface area contributed by atoms with Crippen LogP contribution in [0, 0.1) is 5.82 Å². The Bertz CT molecular complexity index is 686. The van der Waals surface area contributed by atoms with E-state index in [4.69, 9.17) is 21.1 Å². The smallest absolute Gasteiger partial charge is 0.224 e. The van der Waals surface area contributed by atoms with Gasteiger partial charge in [-0.3, -0.25) is 4.79 Å². The lowest BCUT2D eigenvalue weighted by Crippen LogP contribution is -2.25. The Kier molecular flexibility index (Phi) is 5.82. The van der Waals surface area contributed by atoms with E-state index in [1.807, 2.05) is 0 Å². The first kappa shape index (κ1) is 17.1. The molecule has 0 heterocycles. The van der Waals surface area contributed by atoms with Crippen molar-refractivity contribution < 1.29 is 18.7 Å². The van der Waals surface area contributed by atoms with E-state index in [2.05, 4.69) is 5.32 Å². The van der Waals surface area contributed by atoms with Crippen LogP contribution in [0.4, 0.5) is 4.39 Å². The molecule has 0 aliphatic carbocycles. The zero-order valence-electron chi connectivity index (χ0n) is 12.9. The van der Waals surface area contributed by atoms with E-state index in [9.17, 15) is 9.18 Å². The maximum Gasteiger partial charge on any atom is 0.224 e. The molecule has 122 valence electrons. The number of methoxy groups -OCH3 is 2. The van der Waals surface area contributed by atoms with Crippen LogP contribution in [0.2, 0.25) is 5.02 Å². The summed E-state index contributed by atoms with van der Waals surface area (Å²) in [6, 6.07) is 9.63. The van der Waals surface area contributed by atoms with Gasteiger partial charge in [0.1, 0.15) is 17.3 Å². The summed E-state index contributed by atoms with van der Waals surface area (Å²) in [5, 5.41) is 2.96. The molecule has 2 aromatic carbocycles. The second kappa shape index (κ2) is 7.83. The third-order valence-corrected chi connectivity index (χ3v) is 3.72. The fourth-order valence-electron chi connectivity index (χ4n) is 2.14. The van der Waals surface area contributed by atoms with Crippen molar-refractivity contribution >= 4 is 17.5 Å². The number of carbonyl (C=O) groups is 1. The summed E-state index contributed by atoms with van der Waals surface area (Å²) in [7, 11) is 3.11.